The van der Waals surface area contributed by atoms with Crippen LogP contribution in [0.5, 0.6) is 0 Å². The molecule has 0 N–H and O–H groups in total. The van der Waals surface area contributed by atoms with Crippen LogP contribution in [0.1, 0.15) is 11.1 Å². The molecule has 0 bridgehead atoms. The van der Waals surface area contributed by atoms with Crippen molar-refractivity contribution in [3.8, 4) is 0 Å². The molecule has 0 heterocycles. The third-order valence-electron chi connectivity index (χ3n) is 2.80. The molecule has 0 spiro atoms. The summed E-state index contributed by atoms with van der Waals surface area (Å²) in [7, 11) is 0. The summed E-state index contributed by atoms with van der Waals surface area (Å²) in [6.45, 7) is 0. The van der Waals surface area contributed by atoms with Gasteiger partial charge in [-0.05, 0) is 32.3 Å². The molecule has 0 saturated carbocycles. The molecule has 1 aliphatic rings. The second-order valence-electron chi connectivity index (χ2n) is 3.70. The van der Waals surface area contributed by atoms with Gasteiger partial charge in [-0.1, -0.05) is 36.4 Å². The fourth-order valence-corrected chi connectivity index (χ4v) is 2.84. The second kappa shape index (κ2) is 2.57. The molecule has 70 valence electrons. The maximum atomic E-state index is 14.1. The zero-order chi connectivity index (χ0) is 9.76. The van der Waals surface area contributed by atoms with E-state index in [-0.39, 0.29) is 0 Å². The fourth-order valence-electron chi connectivity index (χ4n) is 2.21. The third-order valence-corrected chi connectivity index (χ3v) is 3.51. The Kier molecular flexibility index (Phi) is 1.55. The van der Waals surface area contributed by atoms with Crippen molar-refractivity contribution >= 4 is 26.7 Å². The van der Waals surface area contributed by atoms with E-state index in [9.17, 15) is 4.39 Å². The van der Waals surface area contributed by atoms with Gasteiger partial charge in [0.1, 0.15) is 0 Å². The number of hydrogen-bond acceptors (Lipinski definition) is 0. The topological polar surface area (TPSA) is 0 Å². The van der Waals surface area contributed by atoms with Gasteiger partial charge in [0.2, 0.25) is 0 Å². The number of halogens is 2. The summed E-state index contributed by atoms with van der Waals surface area (Å²) in [5.41, 5.74) is 1.86. The van der Waals surface area contributed by atoms with Gasteiger partial charge in [-0.2, -0.15) is 0 Å². The van der Waals surface area contributed by atoms with Gasteiger partial charge in [-0.3, -0.25) is 0 Å². The van der Waals surface area contributed by atoms with E-state index in [1.165, 1.54) is 0 Å². The average molecular weight is 251 g/mol. The van der Waals surface area contributed by atoms with Crippen molar-refractivity contribution in [3.05, 3.63) is 47.5 Å². The minimum atomic E-state index is -1.36. The summed E-state index contributed by atoms with van der Waals surface area (Å²) in [4.78, 5) is 0. The van der Waals surface area contributed by atoms with Gasteiger partial charge >= 0.3 is 0 Å². The van der Waals surface area contributed by atoms with Crippen LogP contribution in [0.15, 0.2) is 36.4 Å². The molecule has 1 atom stereocenters. The Balaban J connectivity index is 2.50. The first kappa shape index (κ1) is 8.42. The van der Waals surface area contributed by atoms with Gasteiger partial charge in [-0.15, -0.1) is 0 Å². The average Bonchev–Trinajstić information content (AvgIpc) is 2.41. The fraction of sp³-hybridized carbons (Fsp3) is 0.167. The molecule has 1 unspecified atom stereocenters. The lowest BCUT2D eigenvalue weighted by molar-refractivity contribution is 0.315. The summed E-state index contributed by atoms with van der Waals surface area (Å²) < 4.78 is 12.7. The van der Waals surface area contributed by atoms with Crippen LogP contribution < -0.4 is 0 Å². The van der Waals surface area contributed by atoms with Gasteiger partial charge < -0.3 is 0 Å². The van der Waals surface area contributed by atoms with Crippen molar-refractivity contribution in [2.75, 3.05) is 0 Å². The molecule has 0 fully saturated rings. The van der Waals surface area contributed by atoms with Crippen LogP contribution in [0.4, 0.5) is 4.39 Å². The van der Waals surface area contributed by atoms with Gasteiger partial charge in [0.05, 0.1) is 0 Å². The van der Waals surface area contributed by atoms with Crippen molar-refractivity contribution < 1.29 is 4.39 Å². The van der Waals surface area contributed by atoms with Crippen LogP contribution in [0, 0.1) is 0 Å². The van der Waals surface area contributed by atoms with Crippen molar-refractivity contribution in [2.45, 2.75) is 11.0 Å². The Morgan fingerprint density at radius 1 is 1.14 bits per heavy atom. The first-order chi connectivity index (χ1) is 6.68. The Bertz CT molecular complexity index is 511. The molecule has 0 nitrogen and oxygen atoms in total. The van der Waals surface area contributed by atoms with Crippen LogP contribution in [0.25, 0.3) is 10.8 Å². The minimum absolute atomic E-state index is 0.434. The summed E-state index contributed by atoms with van der Waals surface area (Å²) in [5, 5.41) is 2.20. The number of hydrogen-bond donors (Lipinski definition) is 0. The van der Waals surface area contributed by atoms with E-state index >= 15 is 0 Å². The molecule has 0 saturated heterocycles. The van der Waals surface area contributed by atoms with E-state index in [2.05, 4.69) is 15.9 Å². The summed E-state index contributed by atoms with van der Waals surface area (Å²) in [5.74, 6) is 0. The lowest BCUT2D eigenvalue weighted by Crippen LogP contribution is -2.07. The molecule has 2 aromatic carbocycles. The Morgan fingerprint density at radius 3 is 2.64 bits per heavy atom. The SMILES string of the molecule is FC1(Br)Cc2cccc3cccc1c23. The number of benzene rings is 2. The summed E-state index contributed by atoms with van der Waals surface area (Å²) >= 11 is 3.15. The molecule has 0 aliphatic heterocycles. The molecule has 2 aromatic rings. The highest BCUT2D eigenvalue weighted by molar-refractivity contribution is 9.09. The zero-order valence-electron chi connectivity index (χ0n) is 7.43. The third kappa shape index (κ3) is 0.976. The minimum Gasteiger partial charge on any atom is -0.226 e. The Hall–Kier alpha value is -0.890. The number of alkyl halides is 2. The molecule has 1 aliphatic carbocycles. The predicted octanol–water partition coefficient (Wildman–Crippen LogP) is 3.91. The van der Waals surface area contributed by atoms with E-state index < -0.39 is 4.58 Å². The van der Waals surface area contributed by atoms with Gasteiger partial charge in [0.15, 0.2) is 4.58 Å². The first-order valence-corrected chi connectivity index (χ1v) is 5.37. The highest BCUT2D eigenvalue weighted by atomic mass is 79.9. The lowest BCUT2D eigenvalue weighted by Gasteiger charge is -2.11. The van der Waals surface area contributed by atoms with Crippen LogP contribution in [-0.4, -0.2) is 0 Å². The van der Waals surface area contributed by atoms with Crippen molar-refractivity contribution in [1.82, 2.24) is 0 Å². The molecule has 0 amide bonds. The summed E-state index contributed by atoms with van der Waals surface area (Å²) in [6.07, 6.45) is 0.434. The first-order valence-electron chi connectivity index (χ1n) is 4.57. The van der Waals surface area contributed by atoms with Crippen LogP contribution in [0.2, 0.25) is 0 Å². The van der Waals surface area contributed by atoms with E-state index in [0.29, 0.717) is 6.42 Å². The molecule has 14 heavy (non-hydrogen) atoms. The quantitative estimate of drug-likeness (QED) is 0.622. The second-order valence-corrected chi connectivity index (χ2v) is 4.96. The normalized spacial score (nSPS) is 24.4. The highest BCUT2D eigenvalue weighted by Gasteiger charge is 2.36. The van der Waals surface area contributed by atoms with Crippen molar-refractivity contribution in [2.24, 2.45) is 0 Å². The maximum absolute atomic E-state index is 14.1. The monoisotopic (exact) mass is 250 g/mol. The van der Waals surface area contributed by atoms with E-state index in [1.807, 2.05) is 36.4 Å². The van der Waals surface area contributed by atoms with Gasteiger partial charge in [0, 0.05) is 12.0 Å². The van der Waals surface area contributed by atoms with Crippen molar-refractivity contribution in [3.63, 3.8) is 0 Å². The van der Waals surface area contributed by atoms with E-state index in [0.717, 1.165) is 21.9 Å². The Labute approximate surface area is 89.9 Å². The Morgan fingerprint density at radius 2 is 1.86 bits per heavy atom. The molecule has 0 aromatic heterocycles. The lowest BCUT2D eigenvalue weighted by atomic mass is 10.1. The standard InChI is InChI=1S/C12H8BrF/c13-12(14)7-9-5-1-3-8-4-2-6-10(12)11(8)9/h1-6H,7H2. The van der Waals surface area contributed by atoms with Crippen LogP contribution in [0.3, 0.4) is 0 Å². The molecule has 3 rings (SSSR count). The largest absolute Gasteiger partial charge is 0.226 e. The maximum Gasteiger partial charge on any atom is 0.194 e. The van der Waals surface area contributed by atoms with E-state index in [4.69, 9.17) is 0 Å². The van der Waals surface area contributed by atoms with Crippen LogP contribution >= 0.6 is 15.9 Å². The highest BCUT2D eigenvalue weighted by Crippen LogP contribution is 2.47. The summed E-state index contributed by atoms with van der Waals surface area (Å²) in [6, 6.07) is 11.8. The zero-order valence-corrected chi connectivity index (χ0v) is 9.01. The molecular formula is C12H8BrF. The van der Waals surface area contributed by atoms with Gasteiger partial charge in [0.25, 0.3) is 0 Å². The van der Waals surface area contributed by atoms with Crippen LogP contribution in [-0.2, 0) is 11.0 Å². The van der Waals surface area contributed by atoms with Crippen molar-refractivity contribution in [1.29, 1.82) is 0 Å². The predicted molar refractivity (Wildman–Crippen MR) is 59.4 cm³/mol. The van der Waals surface area contributed by atoms with Gasteiger partial charge in [-0.25, -0.2) is 4.39 Å². The molecule has 2 heteroatoms. The van der Waals surface area contributed by atoms with E-state index in [1.54, 1.807) is 0 Å². The molecular weight excluding hydrogens is 243 g/mol. The molecule has 0 radical (unpaired) electrons. The smallest absolute Gasteiger partial charge is 0.194 e. The number of rotatable bonds is 0.